The molecule has 1 unspecified atom stereocenters. The molecule has 9 heteroatoms. The van der Waals surface area contributed by atoms with E-state index in [1.165, 1.54) is 6.33 Å². The Kier molecular flexibility index (Phi) is 6.19. The van der Waals surface area contributed by atoms with Crippen LogP contribution in [0.3, 0.4) is 0 Å². The highest BCUT2D eigenvalue weighted by Crippen LogP contribution is 2.26. The summed E-state index contributed by atoms with van der Waals surface area (Å²) in [7, 11) is -3.57. The first-order valence-corrected chi connectivity index (χ1v) is 11.8. The monoisotopic (exact) mass is 445 g/mol. The summed E-state index contributed by atoms with van der Waals surface area (Å²) in [5.41, 5.74) is 1.47. The molecular weight excluding hydrogens is 422 g/mol. The number of rotatable bonds is 6. The predicted octanol–water partition coefficient (Wildman–Crippen LogP) is 3.79. The quantitative estimate of drug-likeness (QED) is 0.600. The van der Waals surface area contributed by atoms with Gasteiger partial charge in [0.25, 0.3) is 0 Å². The van der Waals surface area contributed by atoms with Crippen molar-refractivity contribution in [3.05, 3.63) is 53.8 Å². The van der Waals surface area contributed by atoms with Crippen molar-refractivity contribution >= 4 is 44.0 Å². The van der Waals surface area contributed by atoms with Crippen molar-refractivity contribution in [2.24, 2.45) is 0 Å². The third-order valence-corrected chi connectivity index (χ3v) is 7.07. The van der Waals surface area contributed by atoms with E-state index in [2.05, 4.69) is 31.8 Å². The lowest BCUT2D eigenvalue weighted by Gasteiger charge is -2.32. The molecule has 1 atom stereocenters. The number of fused-ring (bicyclic) bond motifs is 1. The summed E-state index contributed by atoms with van der Waals surface area (Å²) in [6, 6.07) is 12.0. The number of aromatic nitrogens is 2. The van der Waals surface area contributed by atoms with Crippen LogP contribution in [-0.2, 0) is 10.0 Å². The van der Waals surface area contributed by atoms with E-state index in [0.29, 0.717) is 10.8 Å². The zero-order valence-corrected chi connectivity index (χ0v) is 18.2. The number of anilines is 2. The van der Waals surface area contributed by atoms with Crippen LogP contribution in [-0.4, -0.2) is 49.0 Å². The fourth-order valence-corrected chi connectivity index (χ4v) is 5.14. The van der Waals surface area contributed by atoms with Crippen molar-refractivity contribution in [3.8, 4) is 0 Å². The Balaban J connectivity index is 1.49. The van der Waals surface area contributed by atoms with Crippen LogP contribution in [0.4, 0.5) is 11.5 Å². The Morgan fingerprint density at radius 2 is 1.97 bits per heavy atom. The molecule has 2 N–H and O–H groups in total. The normalized spacial score (nSPS) is 17.9. The van der Waals surface area contributed by atoms with E-state index in [0.717, 1.165) is 49.1 Å². The number of nitrogens with zero attached hydrogens (tertiary/aromatic N) is 3. The minimum absolute atomic E-state index is 0.0549. The third kappa shape index (κ3) is 4.73. The zero-order valence-electron chi connectivity index (χ0n) is 16.7. The Morgan fingerprint density at radius 3 is 2.73 bits per heavy atom. The molecule has 1 aliphatic rings. The van der Waals surface area contributed by atoms with Crippen molar-refractivity contribution in [1.29, 1.82) is 0 Å². The van der Waals surface area contributed by atoms with E-state index in [9.17, 15) is 8.42 Å². The van der Waals surface area contributed by atoms with Crippen molar-refractivity contribution in [1.82, 2.24) is 19.6 Å². The van der Waals surface area contributed by atoms with E-state index >= 15 is 0 Å². The van der Waals surface area contributed by atoms with E-state index in [4.69, 9.17) is 11.6 Å². The molecule has 2 aromatic carbocycles. The molecule has 1 aliphatic heterocycles. The zero-order chi connectivity index (χ0) is 21.1. The number of nitrogens with one attached hydrogen (secondary N) is 2. The van der Waals surface area contributed by atoms with Gasteiger partial charge in [-0.1, -0.05) is 18.5 Å². The van der Waals surface area contributed by atoms with Crippen LogP contribution in [0.25, 0.3) is 10.9 Å². The molecule has 0 saturated carbocycles. The van der Waals surface area contributed by atoms with Crippen LogP contribution in [0.5, 0.6) is 0 Å². The van der Waals surface area contributed by atoms with Gasteiger partial charge < -0.3 is 10.2 Å². The number of hydrogen-bond donors (Lipinski definition) is 2. The Morgan fingerprint density at radius 1 is 1.17 bits per heavy atom. The van der Waals surface area contributed by atoms with Crippen LogP contribution < -0.4 is 10.0 Å². The molecule has 1 saturated heterocycles. The number of piperidine rings is 1. The van der Waals surface area contributed by atoms with Crippen molar-refractivity contribution in [2.75, 3.05) is 25.0 Å². The van der Waals surface area contributed by atoms with Gasteiger partial charge in [-0.2, -0.15) is 0 Å². The summed E-state index contributed by atoms with van der Waals surface area (Å²) in [6.07, 6.45) is 3.33. The van der Waals surface area contributed by atoms with Crippen LogP contribution in [0.1, 0.15) is 19.8 Å². The molecule has 0 aliphatic carbocycles. The smallest absolute Gasteiger partial charge is 0.240 e. The molecule has 1 aromatic heterocycles. The van der Waals surface area contributed by atoms with Gasteiger partial charge in [-0.15, -0.1) is 0 Å². The van der Waals surface area contributed by atoms with E-state index in [1.54, 1.807) is 36.4 Å². The maximum Gasteiger partial charge on any atom is 0.240 e. The van der Waals surface area contributed by atoms with Gasteiger partial charge in [0, 0.05) is 28.7 Å². The summed E-state index contributed by atoms with van der Waals surface area (Å²) in [4.78, 5) is 11.0. The minimum Gasteiger partial charge on any atom is -0.340 e. The van der Waals surface area contributed by atoms with Gasteiger partial charge >= 0.3 is 0 Å². The first-order valence-electron chi connectivity index (χ1n) is 9.96. The molecule has 3 aromatic rings. The standard InChI is InChI=1S/C21H24ClN5O2S/c1-2-27-11-3-4-17(13-27)26-30(28,29)18-8-6-16(7-9-18)25-21-19-10-5-15(22)12-20(19)23-14-24-21/h5-10,12,14,17,26H,2-4,11,13H2,1H3,(H,23,24,25). The van der Waals surface area contributed by atoms with Crippen LogP contribution in [0, 0.1) is 0 Å². The predicted molar refractivity (Wildman–Crippen MR) is 120 cm³/mol. The van der Waals surface area contributed by atoms with E-state index < -0.39 is 10.0 Å². The fourth-order valence-electron chi connectivity index (χ4n) is 3.71. The number of sulfonamides is 1. The Bertz CT molecular complexity index is 1140. The molecule has 4 rings (SSSR count). The average Bonchev–Trinajstić information content (AvgIpc) is 2.74. The fraction of sp³-hybridized carbons (Fsp3) is 0.333. The lowest BCUT2D eigenvalue weighted by molar-refractivity contribution is 0.211. The first kappa shape index (κ1) is 21.0. The summed E-state index contributed by atoms with van der Waals surface area (Å²) in [6.45, 7) is 4.81. The number of halogens is 1. The maximum absolute atomic E-state index is 12.8. The van der Waals surface area contributed by atoms with E-state index in [1.807, 2.05) is 6.07 Å². The van der Waals surface area contributed by atoms with Crippen molar-refractivity contribution in [2.45, 2.75) is 30.7 Å². The average molecular weight is 446 g/mol. The molecule has 1 fully saturated rings. The van der Waals surface area contributed by atoms with Gasteiger partial charge in [-0.3, -0.25) is 0 Å². The largest absolute Gasteiger partial charge is 0.340 e. The van der Waals surface area contributed by atoms with Crippen LogP contribution in [0.2, 0.25) is 5.02 Å². The first-order chi connectivity index (χ1) is 14.4. The SMILES string of the molecule is CCN1CCCC(NS(=O)(=O)c2ccc(Nc3ncnc4cc(Cl)ccc34)cc2)C1. The van der Waals surface area contributed by atoms with E-state index in [-0.39, 0.29) is 10.9 Å². The molecule has 0 radical (unpaired) electrons. The summed E-state index contributed by atoms with van der Waals surface area (Å²) in [5, 5.41) is 4.66. The summed E-state index contributed by atoms with van der Waals surface area (Å²) in [5.74, 6) is 0.632. The number of likely N-dealkylation sites (tertiary alicyclic amines) is 1. The second-order valence-corrected chi connectivity index (χ2v) is 9.54. The molecule has 158 valence electrons. The van der Waals surface area contributed by atoms with Gasteiger partial charge in [-0.25, -0.2) is 23.1 Å². The highest BCUT2D eigenvalue weighted by atomic mass is 35.5. The molecule has 0 spiro atoms. The Hall–Kier alpha value is -2.26. The molecule has 2 heterocycles. The summed E-state index contributed by atoms with van der Waals surface area (Å²) < 4.78 is 28.4. The molecule has 0 bridgehead atoms. The van der Waals surface area contributed by atoms with Gasteiger partial charge in [-0.05, 0) is 68.4 Å². The lowest BCUT2D eigenvalue weighted by Crippen LogP contribution is -2.47. The topological polar surface area (TPSA) is 87.2 Å². The van der Waals surface area contributed by atoms with Gasteiger partial charge in [0.15, 0.2) is 0 Å². The highest BCUT2D eigenvalue weighted by Gasteiger charge is 2.24. The van der Waals surface area contributed by atoms with Gasteiger partial charge in [0.2, 0.25) is 10.0 Å². The third-order valence-electron chi connectivity index (χ3n) is 5.30. The molecule has 7 nitrogen and oxygen atoms in total. The number of hydrogen-bond acceptors (Lipinski definition) is 6. The van der Waals surface area contributed by atoms with Crippen LogP contribution in [0.15, 0.2) is 53.7 Å². The lowest BCUT2D eigenvalue weighted by atomic mass is 10.1. The molecule has 0 amide bonds. The highest BCUT2D eigenvalue weighted by molar-refractivity contribution is 7.89. The van der Waals surface area contributed by atoms with Crippen molar-refractivity contribution < 1.29 is 8.42 Å². The van der Waals surface area contributed by atoms with Crippen molar-refractivity contribution in [3.63, 3.8) is 0 Å². The maximum atomic E-state index is 12.8. The van der Waals surface area contributed by atoms with Crippen LogP contribution >= 0.6 is 11.6 Å². The molecule has 30 heavy (non-hydrogen) atoms. The minimum atomic E-state index is -3.57. The van der Waals surface area contributed by atoms with Gasteiger partial charge in [0.05, 0.1) is 10.4 Å². The second kappa shape index (κ2) is 8.85. The number of benzene rings is 2. The van der Waals surface area contributed by atoms with Gasteiger partial charge in [0.1, 0.15) is 12.1 Å². The molecular formula is C21H24ClN5O2S. The second-order valence-electron chi connectivity index (χ2n) is 7.39. The summed E-state index contributed by atoms with van der Waals surface area (Å²) >= 11 is 6.03. The Labute approximate surface area is 181 Å². The number of likely N-dealkylation sites (N-methyl/N-ethyl adjacent to an activating group) is 1.